The topological polar surface area (TPSA) is 112 Å². The number of carbonyl (C=O) groups excluding carboxylic acids is 1. The second-order valence-corrected chi connectivity index (χ2v) is 8.33. The van der Waals surface area contributed by atoms with Crippen LogP contribution in [0.25, 0.3) is 16.7 Å². The van der Waals surface area contributed by atoms with Gasteiger partial charge in [0.25, 0.3) is 17.1 Å². The second kappa shape index (κ2) is 10.5. The standard InChI is InChI=1S/C26H29N5O4/c1-17-6-4-13-31-23(17)29-24-21(26(31)33)16-20(22(27)30(24)14-5-15-34-2)25(32)28-12-11-18-7-9-19(35-3)10-8-18/h4,6-10,13,16,27H,5,11-12,14-15H2,1-3H3,(H,28,32)/p+1. The lowest BCUT2D eigenvalue weighted by atomic mass is 10.1. The first-order chi connectivity index (χ1) is 16.9. The molecule has 182 valence electrons. The third-order valence-corrected chi connectivity index (χ3v) is 6.01. The molecular formula is C26H30N5O4+. The summed E-state index contributed by atoms with van der Waals surface area (Å²) in [5.74, 6) is 0.704. The Morgan fingerprint density at radius 2 is 1.97 bits per heavy atom. The molecule has 0 fully saturated rings. The normalized spacial score (nSPS) is 11.2. The van der Waals surface area contributed by atoms with E-state index < -0.39 is 0 Å². The molecule has 0 saturated heterocycles. The Kier molecular flexibility index (Phi) is 7.26. The number of nitrogen functional groups attached to an aromatic ring is 1. The van der Waals surface area contributed by atoms with Gasteiger partial charge < -0.3 is 20.5 Å². The number of benzene rings is 1. The van der Waals surface area contributed by atoms with Gasteiger partial charge in [-0.05, 0) is 43.2 Å². The molecule has 4 aromatic rings. The molecule has 0 unspecified atom stereocenters. The van der Waals surface area contributed by atoms with Gasteiger partial charge in [-0.2, -0.15) is 0 Å². The number of ether oxygens (including phenoxy) is 2. The minimum atomic E-state index is -0.341. The largest absolute Gasteiger partial charge is 0.497 e. The van der Waals surface area contributed by atoms with Gasteiger partial charge in [0, 0.05) is 38.4 Å². The van der Waals surface area contributed by atoms with Crippen LogP contribution in [0.15, 0.2) is 53.5 Å². The zero-order valence-electron chi connectivity index (χ0n) is 20.2. The van der Waals surface area contributed by atoms with E-state index in [1.807, 2.05) is 37.3 Å². The van der Waals surface area contributed by atoms with E-state index in [0.717, 1.165) is 16.9 Å². The van der Waals surface area contributed by atoms with Crippen LogP contribution >= 0.6 is 0 Å². The first-order valence-corrected chi connectivity index (χ1v) is 11.5. The van der Waals surface area contributed by atoms with Crippen molar-refractivity contribution < 1.29 is 18.8 Å². The van der Waals surface area contributed by atoms with Gasteiger partial charge in [-0.1, -0.05) is 23.2 Å². The Balaban J connectivity index is 1.70. The van der Waals surface area contributed by atoms with Crippen molar-refractivity contribution in [2.75, 3.05) is 33.1 Å². The molecule has 3 aromatic heterocycles. The molecule has 0 radical (unpaired) electrons. The number of pyridine rings is 2. The van der Waals surface area contributed by atoms with E-state index in [-0.39, 0.29) is 22.8 Å². The highest BCUT2D eigenvalue weighted by Crippen LogP contribution is 2.16. The van der Waals surface area contributed by atoms with Crippen LogP contribution in [0.2, 0.25) is 0 Å². The average Bonchev–Trinajstić information content (AvgIpc) is 2.86. The Hall–Kier alpha value is -3.98. The van der Waals surface area contributed by atoms with Crippen LogP contribution in [0.3, 0.4) is 0 Å². The molecular weight excluding hydrogens is 446 g/mol. The number of hydrogen-bond acceptors (Lipinski definition) is 6. The van der Waals surface area contributed by atoms with Crippen molar-refractivity contribution in [2.24, 2.45) is 0 Å². The molecule has 3 heterocycles. The summed E-state index contributed by atoms with van der Waals surface area (Å²) in [6.07, 6.45) is 2.97. The molecule has 0 saturated carbocycles. The molecule has 9 nitrogen and oxygen atoms in total. The van der Waals surface area contributed by atoms with E-state index >= 15 is 0 Å². The lowest BCUT2D eigenvalue weighted by molar-refractivity contribution is -0.659. The van der Waals surface area contributed by atoms with Crippen molar-refractivity contribution >= 4 is 28.4 Å². The third kappa shape index (κ3) is 4.95. The molecule has 4 rings (SSSR count). The van der Waals surface area contributed by atoms with Crippen LogP contribution in [0.5, 0.6) is 5.75 Å². The van der Waals surface area contributed by atoms with Crippen molar-refractivity contribution in [3.8, 4) is 5.75 Å². The van der Waals surface area contributed by atoms with Crippen LogP contribution in [0, 0.1) is 6.92 Å². The first-order valence-electron chi connectivity index (χ1n) is 11.5. The highest BCUT2D eigenvalue weighted by atomic mass is 16.5. The van der Waals surface area contributed by atoms with E-state index in [1.54, 1.807) is 37.1 Å². The van der Waals surface area contributed by atoms with E-state index in [0.29, 0.717) is 49.2 Å². The molecule has 0 bridgehead atoms. The molecule has 0 aliphatic carbocycles. The Morgan fingerprint density at radius 1 is 1.20 bits per heavy atom. The van der Waals surface area contributed by atoms with Crippen LogP contribution in [0.1, 0.15) is 27.9 Å². The number of nitrogens with two attached hydrogens (primary N) is 1. The summed E-state index contributed by atoms with van der Waals surface area (Å²) < 4.78 is 13.6. The number of carbonyl (C=O) groups is 1. The minimum absolute atomic E-state index is 0.246. The number of methoxy groups -OCH3 is 2. The maximum Gasteiger partial charge on any atom is 0.278 e. The quantitative estimate of drug-likeness (QED) is 0.217. The number of anilines is 1. The zero-order valence-corrected chi connectivity index (χ0v) is 20.2. The van der Waals surface area contributed by atoms with E-state index in [4.69, 9.17) is 20.2 Å². The molecule has 0 spiro atoms. The summed E-state index contributed by atoms with van der Waals surface area (Å²) in [7, 11) is 3.25. The van der Waals surface area contributed by atoms with Crippen molar-refractivity contribution in [3.63, 3.8) is 0 Å². The first kappa shape index (κ1) is 24.2. The van der Waals surface area contributed by atoms with E-state index in [9.17, 15) is 9.59 Å². The number of aryl methyl sites for hydroxylation is 2. The van der Waals surface area contributed by atoms with Crippen LogP contribution < -0.4 is 25.9 Å². The molecule has 1 amide bonds. The zero-order chi connectivity index (χ0) is 24.9. The van der Waals surface area contributed by atoms with Gasteiger partial charge in [0.2, 0.25) is 11.5 Å². The van der Waals surface area contributed by atoms with Crippen molar-refractivity contribution in [2.45, 2.75) is 26.3 Å². The maximum atomic E-state index is 13.4. The highest BCUT2D eigenvalue weighted by Gasteiger charge is 2.24. The highest BCUT2D eigenvalue weighted by molar-refractivity contribution is 6.00. The fourth-order valence-electron chi connectivity index (χ4n) is 4.09. The second-order valence-electron chi connectivity index (χ2n) is 8.33. The lowest BCUT2D eigenvalue weighted by Gasteiger charge is -2.13. The predicted molar refractivity (Wildman–Crippen MR) is 134 cm³/mol. The van der Waals surface area contributed by atoms with Crippen LogP contribution in [-0.4, -0.2) is 42.7 Å². The van der Waals surface area contributed by atoms with E-state index in [1.165, 1.54) is 4.40 Å². The molecule has 3 N–H and O–H groups in total. The van der Waals surface area contributed by atoms with Gasteiger partial charge in [0.1, 0.15) is 16.7 Å². The van der Waals surface area contributed by atoms with E-state index in [2.05, 4.69) is 5.32 Å². The van der Waals surface area contributed by atoms with Gasteiger partial charge in [-0.25, -0.2) is 4.57 Å². The van der Waals surface area contributed by atoms with Gasteiger partial charge >= 0.3 is 0 Å². The summed E-state index contributed by atoms with van der Waals surface area (Å²) >= 11 is 0. The molecule has 35 heavy (non-hydrogen) atoms. The Morgan fingerprint density at radius 3 is 2.69 bits per heavy atom. The number of hydrogen-bond donors (Lipinski definition) is 2. The van der Waals surface area contributed by atoms with Gasteiger partial charge in [0.15, 0.2) is 0 Å². The molecule has 0 aliphatic rings. The summed E-state index contributed by atoms with van der Waals surface area (Å²) in [6.45, 7) is 3.28. The average molecular weight is 477 g/mol. The molecule has 0 aliphatic heterocycles. The predicted octanol–water partition coefficient (Wildman–Crippen LogP) is 2.04. The van der Waals surface area contributed by atoms with Crippen molar-refractivity contribution in [1.82, 2.24) is 14.7 Å². The summed E-state index contributed by atoms with van der Waals surface area (Å²) in [4.78, 5) is 31.3. The number of amides is 1. The fraction of sp³-hybridized carbons (Fsp3) is 0.308. The summed E-state index contributed by atoms with van der Waals surface area (Å²) in [6, 6.07) is 12.9. The van der Waals surface area contributed by atoms with Gasteiger partial charge in [0.05, 0.1) is 13.7 Å². The number of nitrogens with one attached hydrogen (secondary N) is 1. The summed E-state index contributed by atoms with van der Waals surface area (Å²) in [5, 5.41) is 3.26. The SMILES string of the molecule is COCCC[n+]1c(N)c(C(=O)NCCc2ccc(OC)cc2)cc2c(=O)n3cccc(C)c3nc21. The smallest absolute Gasteiger partial charge is 0.278 e. The maximum absolute atomic E-state index is 13.4. The Labute approximate surface area is 203 Å². The minimum Gasteiger partial charge on any atom is -0.497 e. The van der Waals surface area contributed by atoms with Gasteiger partial charge in [-0.15, -0.1) is 0 Å². The monoisotopic (exact) mass is 476 g/mol. The van der Waals surface area contributed by atoms with Crippen molar-refractivity contribution in [3.05, 3.63) is 75.7 Å². The number of fused-ring (bicyclic) bond motifs is 2. The van der Waals surface area contributed by atoms with Crippen LogP contribution in [0.4, 0.5) is 5.82 Å². The number of nitrogens with zero attached hydrogens (tertiary/aromatic N) is 3. The Bertz CT molecular complexity index is 1430. The number of aromatic nitrogens is 3. The van der Waals surface area contributed by atoms with Crippen LogP contribution in [-0.2, 0) is 17.7 Å². The fourth-order valence-corrected chi connectivity index (χ4v) is 4.09. The van der Waals surface area contributed by atoms with Crippen molar-refractivity contribution in [1.29, 1.82) is 0 Å². The summed E-state index contributed by atoms with van der Waals surface area (Å²) in [5.41, 5.74) is 9.42. The number of rotatable bonds is 9. The van der Waals surface area contributed by atoms with Gasteiger partial charge in [-0.3, -0.25) is 14.0 Å². The molecule has 0 atom stereocenters. The molecule has 1 aromatic carbocycles. The molecule has 9 heteroatoms. The lowest BCUT2D eigenvalue weighted by Crippen LogP contribution is -2.43. The third-order valence-electron chi connectivity index (χ3n) is 6.01.